The number of benzene rings is 1. The highest BCUT2D eigenvalue weighted by Gasteiger charge is 2.29. The molecule has 0 unspecified atom stereocenters. The fourth-order valence-electron chi connectivity index (χ4n) is 4.76. The highest BCUT2D eigenvalue weighted by Crippen LogP contribution is 2.27. The largest absolute Gasteiger partial charge is 0.381 e. The number of carbonyl (C=O) groups is 3. The highest BCUT2D eigenvalue weighted by atomic mass is 32.1. The number of amides is 1. The summed E-state index contributed by atoms with van der Waals surface area (Å²) in [5.41, 5.74) is 2.19. The van der Waals surface area contributed by atoms with E-state index in [2.05, 4.69) is 24.4 Å². The monoisotopic (exact) mass is 527 g/mol. The molecule has 1 aliphatic heterocycles. The van der Waals surface area contributed by atoms with E-state index in [-0.39, 0.29) is 35.9 Å². The number of likely N-dealkylation sites (N-methyl/N-ethyl adjacent to an activating group) is 1. The Bertz CT molecular complexity index is 1090. The van der Waals surface area contributed by atoms with Gasteiger partial charge in [-0.05, 0) is 76.4 Å². The number of nitrogens with one attached hydrogen (secondary N) is 1. The van der Waals surface area contributed by atoms with Gasteiger partial charge in [0.1, 0.15) is 5.78 Å². The number of Topliss-reactive ketones (excluding diaryl/α,β-unsaturated/α-hetero) is 1. The first-order chi connectivity index (χ1) is 17.7. The van der Waals surface area contributed by atoms with Crippen LogP contribution in [-0.2, 0) is 32.0 Å². The van der Waals surface area contributed by atoms with Crippen LogP contribution in [0, 0.1) is 11.8 Å². The van der Waals surface area contributed by atoms with Gasteiger partial charge in [-0.25, -0.2) is 4.98 Å². The fourth-order valence-corrected chi connectivity index (χ4v) is 5.87. The number of carbonyl (C=O) groups excluding carboxylic acids is 3. The van der Waals surface area contributed by atoms with Gasteiger partial charge < -0.3 is 19.7 Å². The number of nitrogens with zero attached hydrogens (tertiary/aromatic N) is 2. The Hall–Kier alpha value is -2.42. The van der Waals surface area contributed by atoms with Crippen molar-refractivity contribution < 1.29 is 19.1 Å². The van der Waals surface area contributed by atoms with E-state index in [9.17, 15) is 14.4 Å². The van der Waals surface area contributed by atoms with Gasteiger partial charge in [0.15, 0.2) is 5.78 Å². The third-order valence-electron chi connectivity index (χ3n) is 6.87. The lowest BCUT2D eigenvalue weighted by Gasteiger charge is -2.32. The SMILES string of the molecule is CCc1ccc2nc(C[C@H](CC(C)=O)C(=O)N[C@H](CCC(=O)/C=C/CN(C)C)C3CCOCC3)sc2c1. The molecule has 1 N–H and O–H groups in total. The van der Waals surface area contributed by atoms with Crippen molar-refractivity contribution in [3.05, 3.63) is 40.9 Å². The Labute approximate surface area is 224 Å². The van der Waals surface area contributed by atoms with Gasteiger partial charge in [0.25, 0.3) is 0 Å². The zero-order valence-electron chi connectivity index (χ0n) is 22.6. The summed E-state index contributed by atoms with van der Waals surface area (Å²) >= 11 is 1.60. The number of fused-ring (bicyclic) bond motifs is 1. The summed E-state index contributed by atoms with van der Waals surface area (Å²) in [5.74, 6) is -0.311. The molecule has 0 radical (unpaired) electrons. The lowest BCUT2D eigenvalue weighted by atomic mass is 9.87. The zero-order chi connectivity index (χ0) is 26.8. The number of rotatable bonds is 14. The van der Waals surface area contributed by atoms with Gasteiger partial charge in [0.2, 0.25) is 5.91 Å². The number of hydrogen-bond donors (Lipinski definition) is 1. The molecule has 2 aromatic rings. The molecule has 1 aliphatic rings. The van der Waals surface area contributed by atoms with Crippen molar-refractivity contribution in [3.63, 3.8) is 0 Å². The van der Waals surface area contributed by atoms with Crippen LogP contribution >= 0.6 is 11.3 Å². The number of aryl methyl sites for hydroxylation is 1. The zero-order valence-corrected chi connectivity index (χ0v) is 23.4. The first-order valence-corrected chi connectivity index (χ1v) is 14.2. The molecule has 0 spiro atoms. The summed E-state index contributed by atoms with van der Waals surface area (Å²) in [6, 6.07) is 6.14. The molecule has 0 bridgehead atoms. The molecule has 2 heterocycles. The lowest BCUT2D eigenvalue weighted by Crippen LogP contribution is -2.45. The highest BCUT2D eigenvalue weighted by molar-refractivity contribution is 7.18. The lowest BCUT2D eigenvalue weighted by molar-refractivity contribution is -0.130. The number of allylic oxidation sites excluding steroid dienone is 1. The van der Waals surface area contributed by atoms with Crippen LogP contribution in [0.1, 0.15) is 56.5 Å². The quantitative estimate of drug-likeness (QED) is 0.367. The van der Waals surface area contributed by atoms with Crippen molar-refractivity contribution in [1.29, 1.82) is 0 Å². The van der Waals surface area contributed by atoms with Crippen molar-refractivity contribution in [2.75, 3.05) is 33.9 Å². The number of ketones is 2. The summed E-state index contributed by atoms with van der Waals surface area (Å²) < 4.78 is 6.64. The summed E-state index contributed by atoms with van der Waals surface area (Å²) in [6.07, 6.45) is 7.73. The van der Waals surface area contributed by atoms with E-state index in [1.54, 1.807) is 17.4 Å². The molecular formula is C29H41N3O4S. The number of hydrogen-bond acceptors (Lipinski definition) is 7. The van der Waals surface area contributed by atoms with Gasteiger partial charge in [0, 0.05) is 45.1 Å². The van der Waals surface area contributed by atoms with Crippen LogP contribution in [0.3, 0.4) is 0 Å². The standard InChI is InChI=1S/C29H41N3O4S/c1-5-21-8-10-26-27(18-21)37-28(30-26)19-23(17-20(2)33)29(35)31-25(22-12-15-36-16-13-22)11-9-24(34)7-6-14-32(3)4/h6-8,10,18,22-23,25H,5,9,11-17,19H2,1-4H3,(H,31,35)/b7-6+/t23-,25+/m0/s1. The third-order valence-corrected chi connectivity index (χ3v) is 7.91. The van der Waals surface area contributed by atoms with Crippen molar-refractivity contribution in [1.82, 2.24) is 15.2 Å². The number of ether oxygens (including phenoxy) is 1. The second-order valence-electron chi connectivity index (χ2n) is 10.3. The minimum atomic E-state index is -0.485. The minimum Gasteiger partial charge on any atom is -0.381 e. The number of thiazole rings is 1. The normalized spacial score (nSPS) is 16.4. The third kappa shape index (κ3) is 9.43. The second kappa shape index (κ2) is 14.5. The molecule has 1 amide bonds. The molecule has 8 heteroatoms. The summed E-state index contributed by atoms with van der Waals surface area (Å²) in [4.78, 5) is 44.8. The van der Waals surface area contributed by atoms with Crippen molar-refractivity contribution >= 4 is 39.0 Å². The Balaban J connectivity index is 1.70. The smallest absolute Gasteiger partial charge is 0.224 e. The van der Waals surface area contributed by atoms with E-state index in [1.807, 2.05) is 31.1 Å². The molecule has 1 aromatic heterocycles. The topological polar surface area (TPSA) is 88.6 Å². The molecule has 0 saturated carbocycles. The maximum Gasteiger partial charge on any atom is 0.224 e. The molecule has 7 nitrogen and oxygen atoms in total. The van der Waals surface area contributed by atoms with Crippen molar-refractivity contribution in [2.24, 2.45) is 11.8 Å². The molecular weight excluding hydrogens is 486 g/mol. The van der Waals surface area contributed by atoms with Crippen molar-refractivity contribution in [2.45, 2.75) is 64.8 Å². The molecule has 1 aromatic carbocycles. The van der Waals surface area contributed by atoms with Crippen LogP contribution in [0.5, 0.6) is 0 Å². The van der Waals surface area contributed by atoms with Crippen LogP contribution in [0.4, 0.5) is 0 Å². The van der Waals surface area contributed by atoms with Gasteiger partial charge in [-0.3, -0.25) is 9.59 Å². The van der Waals surface area contributed by atoms with Crippen LogP contribution in [0.15, 0.2) is 30.4 Å². The molecule has 2 atom stereocenters. The van der Waals surface area contributed by atoms with Crippen molar-refractivity contribution in [3.8, 4) is 0 Å². The van der Waals surface area contributed by atoms with E-state index < -0.39 is 5.92 Å². The molecule has 3 rings (SSSR count). The van der Waals surface area contributed by atoms with Crippen LogP contribution in [0.25, 0.3) is 10.2 Å². The van der Waals surface area contributed by atoms with E-state index in [0.717, 1.165) is 34.5 Å². The first-order valence-electron chi connectivity index (χ1n) is 13.3. The fraction of sp³-hybridized carbons (Fsp3) is 0.586. The van der Waals surface area contributed by atoms with E-state index >= 15 is 0 Å². The average molecular weight is 528 g/mol. The van der Waals surface area contributed by atoms with E-state index in [1.165, 1.54) is 12.5 Å². The predicted octanol–water partition coefficient (Wildman–Crippen LogP) is 4.38. The molecule has 1 saturated heterocycles. The molecule has 1 fully saturated rings. The Morgan fingerprint density at radius 3 is 2.68 bits per heavy atom. The van der Waals surface area contributed by atoms with Gasteiger partial charge in [-0.1, -0.05) is 19.1 Å². The second-order valence-corrected chi connectivity index (χ2v) is 11.4. The first kappa shape index (κ1) is 29.1. The molecule has 202 valence electrons. The van der Waals surface area contributed by atoms with Gasteiger partial charge in [0.05, 0.1) is 21.1 Å². The minimum absolute atomic E-state index is 0.0154. The van der Waals surface area contributed by atoms with Gasteiger partial charge >= 0.3 is 0 Å². The summed E-state index contributed by atoms with van der Waals surface area (Å²) in [6.45, 7) is 5.69. The molecule has 0 aliphatic carbocycles. The Morgan fingerprint density at radius 1 is 1.24 bits per heavy atom. The van der Waals surface area contributed by atoms with Crippen LogP contribution in [-0.4, -0.2) is 67.3 Å². The Kier molecular flexibility index (Phi) is 11.4. The maximum atomic E-state index is 13.5. The average Bonchev–Trinajstić information content (AvgIpc) is 3.27. The van der Waals surface area contributed by atoms with Crippen LogP contribution in [0.2, 0.25) is 0 Å². The van der Waals surface area contributed by atoms with E-state index in [4.69, 9.17) is 9.72 Å². The molecule has 37 heavy (non-hydrogen) atoms. The summed E-state index contributed by atoms with van der Waals surface area (Å²) in [5, 5.41) is 4.11. The van der Waals surface area contributed by atoms with Crippen LogP contribution < -0.4 is 5.32 Å². The summed E-state index contributed by atoms with van der Waals surface area (Å²) in [7, 11) is 3.92. The van der Waals surface area contributed by atoms with E-state index in [0.29, 0.717) is 39.0 Å². The number of aromatic nitrogens is 1. The Morgan fingerprint density at radius 2 is 2.00 bits per heavy atom. The maximum absolute atomic E-state index is 13.5. The van der Waals surface area contributed by atoms with Gasteiger partial charge in [-0.15, -0.1) is 11.3 Å². The van der Waals surface area contributed by atoms with Gasteiger partial charge in [-0.2, -0.15) is 0 Å². The predicted molar refractivity (Wildman–Crippen MR) is 149 cm³/mol.